The van der Waals surface area contributed by atoms with E-state index >= 15 is 0 Å². The first-order chi connectivity index (χ1) is 9.61. The molecule has 4 heteroatoms. The Morgan fingerprint density at radius 1 is 1.25 bits per heavy atom. The second kappa shape index (κ2) is 6.28. The zero-order valence-corrected chi connectivity index (χ0v) is 11.7. The van der Waals surface area contributed by atoms with E-state index < -0.39 is 0 Å². The molecule has 0 radical (unpaired) electrons. The standard InChI is InChI=1S/C16H19FN2O/c1-3-9-20-15-6-4-5-14(16(15)18)19-12-7-8-13(17)11(2)10-12/h4-8,10,19H,3,9,18H2,1-2H3. The molecule has 0 saturated heterocycles. The molecule has 3 nitrogen and oxygen atoms in total. The van der Waals surface area contributed by atoms with Gasteiger partial charge in [-0.15, -0.1) is 0 Å². The van der Waals surface area contributed by atoms with Crippen LogP contribution in [0.3, 0.4) is 0 Å². The molecule has 0 heterocycles. The maximum absolute atomic E-state index is 13.2. The third kappa shape index (κ3) is 3.20. The molecular formula is C16H19FN2O. The van der Waals surface area contributed by atoms with Crippen molar-refractivity contribution in [3.05, 3.63) is 47.8 Å². The Balaban J connectivity index is 2.22. The average molecular weight is 274 g/mol. The number of halogens is 1. The molecule has 106 valence electrons. The van der Waals surface area contributed by atoms with Gasteiger partial charge >= 0.3 is 0 Å². The molecule has 2 rings (SSSR count). The fraction of sp³-hybridized carbons (Fsp3) is 0.250. The quantitative estimate of drug-likeness (QED) is 0.801. The van der Waals surface area contributed by atoms with Crippen molar-refractivity contribution < 1.29 is 9.13 Å². The van der Waals surface area contributed by atoms with Crippen LogP contribution < -0.4 is 15.8 Å². The van der Waals surface area contributed by atoms with Crippen molar-refractivity contribution >= 4 is 17.1 Å². The van der Waals surface area contributed by atoms with Crippen LogP contribution in [-0.4, -0.2) is 6.61 Å². The van der Waals surface area contributed by atoms with Crippen molar-refractivity contribution in [2.75, 3.05) is 17.7 Å². The minimum Gasteiger partial charge on any atom is -0.491 e. The molecule has 0 aliphatic carbocycles. The lowest BCUT2D eigenvalue weighted by atomic mass is 10.2. The monoisotopic (exact) mass is 274 g/mol. The molecule has 3 N–H and O–H groups in total. The number of anilines is 3. The molecule has 20 heavy (non-hydrogen) atoms. The van der Waals surface area contributed by atoms with Gasteiger partial charge in [0.05, 0.1) is 18.0 Å². The molecule has 0 aromatic heterocycles. The Kier molecular flexibility index (Phi) is 4.45. The highest BCUT2D eigenvalue weighted by atomic mass is 19.1. The van der Waals surface area contributed by atoms with Crippen molar-refractivity contribution in [1.82, 2.24) is 0 Å². The maximum Gasteiger partial charge on any atom is 0.144 e. The van der Waals surface area contributed by atoms with Gasteiger partial charge in [-0.1, -0.05) is 13.0 Å². The summed E-state index contributed by atoms with van der Waals surface area (Å²) in [5.74, 6) is 0.444. The highest BCUT2D eigenvalue weighted by molar-refractivity contribution is 5.77. The zero-order chi connectivity index (χ0) is 14.5. The number of aryl methyl sites for hydroxylation is 1. The molecule has 0 spiro atoms. The summed E-state index contributed by atoms with van der Waals surface area (Å²) in [7, 11) is 0. The van der Waals surface area contributed by atoms with Gasteiger partial charge in [0.1, 0.15) is 11.6 Å². The summed E-state index contributed by atoms with van der Waals surface area (Å²) in [4.78, 5) is 0. The normalized spacial score (nSPS) is 10.3. The molecule has 0 unspecified atom stereocenters. The van der Waals surface area contributed by atoms with Crippen LogP contribution in [0.1, 0.15) is 18.9 Å². The summed E-state index contributed by atoms with van der Waals surface area (Å²) < 4.78 is 18.8. The molecule has 0 fully saturated rings. The fourth-order valence-electron chi connectivity index (χ4n) is 1.87. The summed E-state index contributed by atoms with van der Waals surface area (Å²) in [5, 5.41) is 3.19. The highest BCUT2D eigenvalue weighted by Crippen LogP contribution is 2.32. The third-order valence-corrected chi connectivity index (χ3v) is 2.96. The maximum atomic E-state index is 13.2. The Hall–Kier alpha value is -2.23. The third-order valence-electron chi connectivity index (χ3n) is 2.96. The minimum atomic E-state index is -0.219. The van der Waals surface area contributed by atoms with E-state index in [0.717, 1.165) is 17.8 Å². The number of benzene rings is 2. The number of hydrogen-bond acceptors (Lipinski definition) is 3. The number of rotatable bonds is 5. The van der Waals surface area contributed by atoms with Crippen LogP contribution in [-0.2, 0) is 0 Å². The van der Waals surface area contributed by atoms with Crippen molar-refractivity contribution in [1.29, 1.82) is 0 Å². The molecule has 2 aromatic carbocycles. The topological polar surface area (TPSA) is 47.3 Å². The van der Waals surface area contributed by atoms with E-state index in [2.05, 4.69) is 5.32 Å². The number of para-hydroxylation sites is 1. The van der Waals surface area contributed by atoms with E-state index in [9.17, 15) is 4.39 Å². The van der Waals surface area contributed by atoms with Crippen LogP contribution in [0.2, 0.25) is 0 Å². The Labute approximate surface area is 118 Å². The van der Waals surface area contributed by atoms with Crippen LogP contribution in [0.25, 0.3) is 0 Å². The van der Waals surface area contributed by atoms with Crippen LogP contribution in [0.5, 0.6) is 5.75 Å². The fourth-order valence-corrected chi connectivity index (χ4v) is 1.87. The van der Waals surface area contributed by atoms with Gasteiger partial charge in [0.2, 0.25) is 0 Å². The summed E-state index contributed by atoms with van der Waals surface area (Å²) >= 11 is 0. The number of hydrogen-bond donors (Lipinski definition) is 2. The highest BCUT2D eigenvalue weighted by Gasteiger charge is 2.07. The van der Waals surface area contributed by atoms with E-state index in [0.29, 0.717) is 23.6 Å². The van der Waals surface area contributed by atoms with E-state index in [1.165, 1.54) is 6.07 Å². The van der Waals surface area contributed by atoms with Crippen molar-refractivity contribution in [3.8, 4) is 5.75 Å². The predicted molar refractivity (Wildman–Crippen MR) is 81.1 cm³/mol. The van der Waals surface area contributed by atoms with E-state index in [-0.39, 0.29) is 5.82 Å². The molecular weight excluding hydrogens is 255 g/mol. The molecule has 0 aliphatic heterocycles. The minimum absolute atomic E-state index is 0.219. The SMILES string of the molecule is CCCOc1cccc(Nc2ccc(F)c(C)c2)c1N. The summed E-state index contributed by atoms with van der Waals surface area (Å²) in [6, 6.07) is 10.4. The van der Waals surface area contributed by atoms with Crippen molar-refractivity contribution in [2.24, 2.45) is 0 Å². The van der Waals surface area contributed by atoms with Crippen LogP contribution >= 0.6 is 0 Å². The Morgan fingerprint density at radius 2 is 2.05 bits per heavy atom. The Morgan fingerprint density at radius 3 is 2.75 bits per heavy atom. The number of nitrogen functional groups attached to an aromatic ring is 1. The second-order valence-electron chi connectivity index (χ2n) is 4.65. The van der Waals surface area contributed by atoms with Gasteiger partial charge in [-0.05, 0) is 49.2 Å². The van der Waals surface area contributed by atoms with Gasteiger partial charge in [-0.3, -0.25) is 0 Å². The van der Waals surface area contributed by atoms with Gasteiger partial charge in [-0.2, -0.15) is 0 Å². The summed E-state index contributed by atoms with van der Waals surface area (Å²) in [6.07, 6.45) is 0.925. The van der Waals surface area contributed by atoms with Gasteiger partial charge in [0.15, 0.2) is 0 Å². The predicted octanol–water partition coefficient (Wildman–Crippen LogP) is 4.25. The van der Waals surface area contributed by atoms with Crippen LogP contribution in [0, 0.1) is 12.7 Å². The van der Waals surface area contributed by atoms with E-state index in [1.807, 2.05) is 25.1 Å². The zero-order valence-electron chi connectivity index (χ0n) is 11.7. The van der Waals surface area contributed by atoms with Gasteiger partial charge in [0.25, 0.3) is 0 Å². The van der Waals surface area contributed by atoms with Crippen LogP contribution in [0.4, 0.5) is 21.5 Å². The lowest BCUT2D eigenvalue weighted by Gasteiger charge is -2.14. The Bertz CT molecular complexity index is 599. The average Bonchev–Trinajstić information content (AvgIpc) is 2.44. The number of ether oxygens (including phenoxy) is 1. The second-order valence-corrected chi connectivity index (χ2v) is 4.65. The van der Waals surface area contributed by atoms with E-state index in [1.54, 1.807) is 19.1 Å². The lowest BCUT2D eigenvalue weighted by Crippen LogP contribution is -2.02. The molecule has 2 aromatic rings. The molecule has 0 aliphatic rings. The summed E-state index contributed by atoms with van der Waals surface area (Å²) in [6.45, 7) is 4.40. The van der Waals surface area contributed by atoms with Gasteiger partial charge < -0.3 is 15.8 Å². The van der Waals surface area contributed by atoms with Gasteiger partial charge in [0, 0.05) is 5.69 Å². The largest absolute Gasteiger partial charge is 0.491 e. The number of nitrogens with one attached hydrogen (secondary N) is 1. The molecule has 0 atom stereocenters. The smallest absolute Gasteiger partial charge is 0.144 e. The summed E-state index contributed by atoms with van der Waals surface area (Å²) in [5.41, 5.74) is 8.78. The van der Waals surface area contributed by atoms with Crippen molar-refractivity contribution in [2.45, 2.75) is 20.3 Å². The van der Waals surface area contributed by atoms with E-state index in [4.69, 9.17) is 10.5 Å². The lowest BCUT2D eigenvalue weighted by molar-refractivity contribution is 0.319. The first-order valence-corrected chi connectivity index (χ1v) is 6.66. The van der Waals surface area contributed by atoms with Gasteiger partial charge in [-0.25, -0.2) is 4.39 Å². The molecule has 0 amide bonds. The first kappa shape index (κ1) is 14.2. The van der Waals surface area contributed by atoms with Crippen molar-refractivity contribution in [3.63, 3.8) is 0 Å². The van der Waals surface area contributed by atoms with Crippen LogP contribution in [0.15, 0.2) is 36.4 Å². The molecule has 0 saturated carbocycles. The first-order valence-electron chi connectivity index (χ1n) is 6.66. The number of nitrogens with two attached hydrogens (primary N) is 1. The molecule has 0 bridgehead atoms.